The van der Waals surface area contributed by atoms with Gasteiger partial charge in [-0.15, -0.1) is 0 Å². The molecule has 1 aliphatic heterocycles. The van der Waals surface area contributed by atoms with Crippen molar-refractivity contribution < 1.29 is 14.1 Å². The highest BCUT2D eigenvalue weighted by molar-refractivity contribution is 6.62. The van der Waals surface area contributed by atoms with Crippen LogP contribution in [0.25, 0.3) is 0 Å². The average Bonchev–Trinajstić information content (AvgIpc) is 2.58. The van der Waals surface area contributed by atoms with Gasteiger partial charge in [0.1, 0.15) is 5.78 Å². The summed E-state index contributed by atoms with van der Waals surface area (Å²) >= 11 is 0. The Kier molecular flexibility index (Phi) is 3.84. The minimum atomic E-state index is -0.500. The second kappa shape index (κ2) is 4.96. The summed E-state index contributed by atoms with van der Waals surface area (Å²) in [6, 6.07) is 7.95. The third kappa shape index (κ3) is 2.79. The fourth-order valence-electron chi connectivity index (χ4n) is 2.26. The zero-order chi connectivity index (χ0) is 16.1. The van der Waals surface area contributed by atoms with E-state index in [1.54, 1.807) is 6.92 Å². The lowest BCUT2D eigenvalue weighted by Crippen LogP contribution is -2.41. The molecule has 0 radical (unpaired) electrons. The minimum absolute atomic E-state index is 0.147. The van der Waals surface area contributed by atoms with E-state index in [0.29, 0.717) is 0 Å². The SMILES string of the molecule is CC(=O)C(C)(C)c1cccc(B2OC(C)(C)C(C)(C)O2)c1. The van der Waals surface area contributed by atoms with E-state index in [9.17, 15) is 4.79 Å². The zero-order valence-corrected chi connectivity index (χ0v) is 14.1. The Labute approximate surface area is 128 Å². The predicted molar refractivity (Wildman–Crippen MR) is 85.9 cm³/mol. The van der Waals surface area contributed by atoms with Crippen molar-refractivity contribution in [3.05, 3.63) is 29.8 Å². The van der Waals surface area contributed by atoms with Crippen LogP contribution in [-0.2, 0) is 19.5 Å². The predicted octanol–water partition coefficient (Wildman–Crippen LogP) is 2.85. The van der Waals surface area contributed by atoms with Gasteiger partial charge in [0, 0.05) is 5.41 Å². The van der Waals surface area contributed by atoms with E-state index < -0.39 is 12.5 Å². The van der Waals surface area contributed by atoms with Crippen LogP contribution < -0.4 is 5.46 Å². The number of Topliss-reactive ketones (excluding diaryl/α,β-unsaturated/α-hetero) is 1. The van der Waals surface area contributed by atoms with E-state index in [4.69, 9.17) is 9.31 Å². The van der Waals surface area contributed by atoms with E-state index >= 15 is 0 Å². The maximum absolute atomic E-state index is 11.8. The number of benzene rings is 1. The summed E-state index contributed by atoms with van der Waals surface area (Å²) in [4.78, 5) is 11.8. The maximum atomic E-state index is 11.8. The maximum Gasteiger partial charge on any atom is 0.494 e. The van der Waals surface area contributed by atoms with Gasteiger partial charge in [0.2, 0.25) is 0 Å². The van der Waals surface area contributed by atoms with Gasteiger partial charge in [0.25, 0.3) is 0 Å². The summed E-state index contributed by atoms with van der Waals surface area (Å²) in [7, 11) is -0.391. The Morgan fingerprint density at radius 2 is 1.62 bits per heavy atom. The first-order chi connectivity index (χ1) is 9.47. The van der Waals surface area contributed by atoms with Gasteiger partial charge in [0.15, 0.2) is 0 Å². The lowest BCUT2D eigenvalue weighted by atomic mass is 9.74. The number of hydrogen-bond acceptors (Lipinski definition) is 3. The van der Waals surface area contributed by atoms with Crippen molar-refractivity contribution in [1.29, 1.82) is 0 Å². The highest BCUT2D eigenvalue weighted by Gasteiger charge is 2.51. The van der Waals surface area contributed by atoms with E-state index in [2.05, 4.69) is 0 Å². The molecule has 0 saturated carbocycles. The summed E-state index contributed by atoms with van der Waals surface area (Å²) in [5.74, 6) is 0.147. The summed E-state index contributed by atoms with van der Waals surface area (Å²) in [5, 5.41) is 0. The Hall–Kier alpha value is -1.13. The second-order valence-electron chi connectivity index (χ2n) is 7.39. The van der Waals surface area contributed by atoms with E-state index in [1.165, 1.54) is 0 Å². The molecule has 21 heavy (non-hydrogen) atoms. The molecule has 0 aliphatic carbocycles. The molecular formula is C17H25BO3. The third-order valence-electron chi connectivity index (χ3n) is 5.01. The Morgan fingerprint density at radius 1 is 1.10 bits per heavy atom. The van der Waals surface area contributed by atoms with Crippen LogP contribution in [0.15, 0.2) is 24.3 Å². The Balaban J connectivity index is 2.34. The van der Waals surface area contributed by atoms with Crippen molar-refractivity contribution in [2.45, 2.75) is 65.1 Å². The average molecular weight is 288 g/mol. The fraction of sp³-hybridized carbons (Fsp3) is 0.588. The van der Waals surface area contributed by atoms with Crippen LogP contribution in [-0.4, -0.2) is 24.1 Å². The van der Waals surface area contributed by atoms with Crippen molar-refractivity contribution in [3.8, 4) is 0 Å². The fourth-order valence-corrected chi connectivity index (χ4v) is 2.26. The molecule has 1 aromatic rings. The third-order valence-corrected chi connectivity index (χ3v) is 5.01. The monoisotopic (exact) mass is 288 g/mol. The number of hydrogen-bond donors (Lipinski definition) is 0. The summed E-state index contributed by atoms with van der Waals surface area (Å²) < 4.78 is 12.1. The first-order valence-electron chi connectivity index (χ1n) is 7.44. The second-order valence-corrected chi connectivity index (χ2v) is 7.39. The van der Waals surface area contributed by atoms with Crippen LogP contribution in [0.3, 0.4) is 0 Å². The largest absolute Gasteiger partial charge is 0.494 e. The van der Waals surface area contributed by atoms with Crippen molar-refractivity contribution in [2.24, 2.45) is 0 Å². The minimum Gasteiger partial charge on any atom is -0.399 e. The highest BCUT2D eigenvalue weighted by Crippen LogP contribution is 2.36. The highest BCUT2D eigenvalue weighted by atomic mass is 16.7. The normalized spacial score (nSPS) is 20.6. The molecule has 114 valence electrons. The van der Waals surface area contributed by atoms with Crippen molar-refractivity contribution in [3.63, 3.8) is 0 Å². The molecule has 1 aromatic carbocycles. The zero-order valence-electron chi connectivity index (χ0n) is 14.1. The number of rotatable bonds is 3. The molecule has 0 N–H and O–H groups in total. The van der Waals surface area contributed by atoms with Gasteiger partial charge < -0.3 is 9.31 Å². The van der Waals surface area contributed by atoms with Crippen molar-refractivity contribution >= 4 is 18.4 Å². The molecule has 0 spiro atoms. The Bertz CT molecular complexity index is 545. The smallest absolute Gasteiger partial charge is 0.399 e. The molecular weight excluding hydrogens is 263 g/mol. The molecule has 1 fully saturated rings. The molecule has 3 nitrogen and oxygen atoms in total. The molecule has 2 rings (SSSR count). The van der Waals surface area contributed by atoms with E-state index in [0.717, 1.165) is 11.0 Å². The lowest BCUT2D eigenvalue weighted by Gasteiger charge is -2.32. The molecule has 0 bridgehead atoms. The number of ketones is 1. The van der Waals surface area contributed by atoms with Gasteiger partial charge in [-0.05, 0) is 59.5 Å². The summed E-state index contributed by atoms with van der Waals surface area (Å²) in [5.41, 5.74) is 0.732. The van der Waals surface area contributed by atoms with Gasteiger partial charge in [0.05, 0.1) is 11.2 Å². The molecule has 1 heterocycles. The summed E-state index contributed by atoms with van der Waals surface area (Å²) in [6.45, 7) is 13.7. The molecule has 4 heteroatoms. The first-order valence-corrected chi connectivity index (χ1v) is 7.44. The number of carbonyl (C=O) groups excluding carboxylic acids is 1. The molecule has 0 aromatic heterocycles. The van der Waals surface area contributed by atoms with Crippen LogP contribution in [0, 0.1) is 0 Å². The molecule has 0 amide bonds. The van der Waals surface area contributed by atoms with E-state index in [1.807, 2.05) is 65.8 Å². The number of carbonyl (C=O) groups is 1. The van der Waals surface area contributed by atoms with Crippen LogP contribution in [0.2, 0.25) is 0 Å². The Morgan fingerprint density at radius 3 is 2.10 bits per heavy atom. The standard InChI is InChI=1S/C17H25BO3/c1-12(19)15(2,3)13-9-8-10-14(11-13)18-20-16(4,5)17(6,7)21-18/h8-11H,1-7H3. The quantitative estimate of drug-likeness (QED) is 0.802. The van der Waals surface area contributed by atoms with Crippen LogP contribution in [0.1, 0.15) is 54.0 Å². The van der Waals surface area contributed by atoms with Gasteiger partial charge >= 0.3 is 7.12 Å². The summed E-state index contributed by atoms with van der Waals surface area (Å²) in [6.07, 6.45) is 0. The molecule has 1 saturated heterocycles. The van der Waals surface area contributed by atoms with Gasteiger partial charge in [-0.1, -0.05) is 24.3 Å². The topological polar surface area (TPSA) is 35.5 Å². The van der Waals surface area contributed by atoms with E-state index in [-0.39, 0.29) is 17.0 Å². The van der Waals surface area contributed by atoms with Gasteiger partial charge in [-0.3, -0.25) is 4.79 Å². The molecule has 0 atom stereocenters. The molecule has 0 unspecified atom stereocenters. The van der Waals surface area contributed by atoms with Crippen LogP contribution >= 0.6 is 0 Å². The lowest BCUT2D eigenvalue weighted by molar-refractivity contribution is -0.121. The van der Waals surface area contributed by atoms with Crippen molar-refractivity contribution in [2.75, 3.05) is 0 Å². The van der Waals surface area contributed by atoms with Crippen LogP contribution in [0.5, 0.6) is 0 Å². The molecule has 1 aliphatic rings. The van der Waals surface area contributed by atoms with Crippen LogP contribution in [0.4, 0.5) is 0 Å². The first kappa shape index (κ1) is 16.2. The van der Waals surface area contributed by atoms with Gasteiger partial charge in [-0.2, -0.15) is 0 Å². The van der Waals surface area contributed by atoms with Crippen molar-refractivity contribution in [1.82, 2.24) is 0 Å². The van der Waals surface area contributed by atoms with Gasteiger partial charge in [-0.25, -0.2) is 0 Å².